The molecule has 0 rings (SSSR count). The maximum absolute atomic E-state index is 11.0. The number of hydrogen-bond acceptors (Lipinski definition) is 4. The maximum atomic E-state index is 11.0. The van der Waals surface area contributed by atoms with Crippen LogP contribution in [0, 0.1) is 0 Å². The van der Waals surface area contributed by atoms with Crippen molar-refractivity contribution < 1.29 is 19.7 Å². The van der Waals surface area contributed by atoms with Crippen molar-refractivity contribution in [2.45, 2.75) is 13.3 Å². The van der Waals surface area contributed by atoms with Crippen molar-refractivity contribution >= 4 is 5.97 Å². The van der Waals surface area contributed by atoms with E-state index in [1.54, 1.807) is 0 Å². The van der Waals surface area contributed by atoms with Crippen molar-refractivity contribution in [1.82, 2.24) is 0 Å². The van der Waals surface area contributed by atoms with Crippen LogP contribution in [0.25, 0.3) is 0 Å². The normalized spacial score (nSPS) is 11.8. The van der Waals surface area contributed by atoms with Gasteiger partial charge in [0.25, 0.3) is 0 Å². The number of rotatable bonds is 5. The van der Waals surface area contributed by atoms with Crippen LogP contribution in [-0.2, 0) is 9.53 Å². The van der Waals surface area contributed by atoms with Crippen molar-refractivity contribution in [1.29, 1.82) is 0 Å². The van der Waals surface area contributed by atoms with Gasteiger partial charge in [-0.2, -0.15) is 0 Å². The van der Waals surface area contributed by atoms with Gasteiger partial charge < -0.3 is 14.9 Å². The highest BCUT2D eigenvalue weighted by atomic mass is 16.5. The van der Waals surface area contributed by atoms with Crippen molar-refractivity contribution in [3.05, 3.63) is 24.0 Å². The van der Waals surface area contributed by atoms with Gasteiger partial charge in [-0.05, 0) is 13.0 Å². The number of esters is 1. The molecule has 4 heteroatoms. The summed E-state index contributed by atoms with van der Waals surface area (Å²) in [6, 6.07) is 0. The molecule has 0 spiro atoms. The molecular weight excluding hydrogens is 172 g/mol. The van der Waals surface area contributed by atoms with Gasteiger partial charge >= 0.3 is 5.97 Å². The van der Waals surface area contributed by atoms with Gasteiger partial charge in [0.05, 0.1) is 12.2 Å². The first-order valence-corrected chi connectivity index (χ1v) is 3.93. The molecule has 0 fully saturated rings. The predicted molar refractivity (Wildman–Crippen MR) is 48.2 cm³/mol. The van der Waals surface area contributed by atoms with Crippen LogP contribution in [0.3, 0.4) is 0 Å². The average molecular weight is 186 g/mol. The van der Waals surface area contributed by atoms with Gasteiger partial charge in [-0.15, -0.1) is 0 Å². The number of aliphatic hydroxyl groups is 2. The van der Waals surface area contributed by atoms with Crippen molar-refractivity contribution in [3.63, 3.8) is 0 Å². The van der Waals surface area contributed by atoms with Crippen LogP contribution in [0.2, 0.25) is 0 Å². The fourth-order valence-electron chi connectivity index (χ4n) is 0.595. The molecule has 74 valence electrons. The predicted octanol–water partition coefficient (Wildman–Crippen LogP) is 0.930. The van der Waals surface area contributed by atoms with E-state index >= 15 is 0 Å². The highest BCUT2D eigenvalue weighted by Gasteiger charge is 2.08. The number of aliphatic hydroxyl groups excluding tert-OH is 2. The standard InChI is InChI=1S/C9H14O4/c1-3-8(11)7(2)9(12)13-6-4-5-10/h3,10-11H,1,4-6H2,2H3. The van der Waals surface area contributed by atoms with Crippen LogP contribution in [0.1, 0.15) is 13.3 Å². The molecule has 4 nitrogen and oxygen atoms in total. The Hall–Kier alpha value is -1.29. The summed E-state index contributed by atoms with van der Waals surface area (Å²) in [5.74, 6) is -0.778. The van der Waals surface area contributed by atoms with Gasteiger partial charge in [0.2, 0.25) is 0 Å². The van der Waals surface area contributed by atoms with Gasteiger partial charge in [-0.1, -0.05) is 6.58 Å². The smallest absolute Gasteiger partial charge is 0.337 e. The fourth-order valence-corrected chi connectivity index (χ4v) is 0.595. The Morgan fingerprint density at radius 3 is 2.69 bits per heavy atom. The number of hydrogen-bond donors (Lipinski definition) is 2. The van der Waals surface area contributed by atoms with Gasteiger partial charge in [-0.3, -0.25) is 0 Å². The summed E-state index contributed by atoms with van der Waals surface area (Å²) in [6.45, 7) is 4.87. The minimum atomic E-state index is -0.592. The summed E-state index contributed by atoms with van der Waals surface area (Å²) >= 11 is 0. The third-order valence-corrected chi connectivity index (χ3v) is 1.42. The van der Waals surface area contributed by atoms with E-state index in [-0.39, 0.29) is 24.5 Å². The molecule has 0 aliphatic heterocycles. The van der Waals surface area contributed by atoms with Crippen LogP contribution in [0.4, 0.5) is 0 Å². The summed E-state index contributed by atoms with van der Waals surface area (Å²) in [7, 11) is 0. The quantitative estimate of drug-likeness (QED) is 0.220. The zero-order chi connectivity index (χ0) is 10.3. The van der Waals surface area contributed by atoms with Crippen molar-refractivity contribution in [2.75, 3.05) is 13.2 Å². The molecule has 0 heterocycles. The highest BCUT2D eigenvalue weighted by Crippen LogP contribution is 2.03. The molecule has 2 N–H and O–H groups in total. The van der Waals surface area contributed by atoms with E-state index in [4.69, 9.17) is 14.9 Å². The largest absolute Gasteiger partial charge is 0.507 e. The lowest BCUT2D eigenvalue weighted by Crippen LogP contribution is -2.09. The van der Waals surface area contributed by atoms with E-state index < -0.39 is 5.97 Å². The summed E-state index contributed by atoms with van der Waals surface area (Å²) in [4.78, 5) is 11.0. The molecule has 0 aliphatic rings. The van der Waals surface area contributed by atoms with E-state index in [1.165, 1.54) is 13.0 Å². The minimum absolute atomic E-state index is 0.0243. The topological polar surface area (TPSA) is 66.8 Å². The molecule has 0 radical (unpaired) electrons. The minimum Gasteiger partial charge on any atom is -0.507 e. The molecular formula is C9H14O4. The van der Waals surface area contributed by atoms with Crippen LogP contribution in [0.15, 0.2) is 24.0 Å². The lowest BCUT2D eigenvalue weighted by atomic mass is 10.2. The molecule has 13 heavy (non-hydrogen) atoms. The number of carbonyl (C=O) groups excluding carboxylic acids is 1. The van der Waals surface area contributed by atoms with Crippen LogP contribution in [-0.4, -0.2) is 29.4 Å². The molecule has 0 aromatic carbocycles. The zero-order valence-electron chi connectivity index (χ0n) is 7.62. The lowest BCUT2D eigenvalue weighted by Gasteiger charge is -2.03. The zero-order valence-corrected chi connectivity index (χ0v) is 7.62. The Labute approximate surface area is 77.1 Å². The molecule has 0 aliphatic carbocycles. The molecule has 0 aromatic rings. The fraction of sp³-hybridized carbons (Fsp3) is 0.444. The van der Waals surface area contributed by atoms with Gasteiger partial charge in [0.1, 0.15) is 5.76 Å². The molecule has 0 saturated heterocycles. The van der Waals surface area contributed by atoms with Crippen LogP contribution in [0.5, 0.6) is 0 Å². The second kappa shape index (κ2) is 6.25. The maximum Gasteiger partial charge on any atom is 0.337 e. The molecule has 0 atom stereocenters. The summed E-state index contributed by atoms with van der Waals surface area (Å²) < 4.78 is 4.70. The van der Waals surface area contributed by atoms with E-state index in [0.717, 1.165) is 0 Å². The third kappa shape index (κ3) is 4.32. The first-order chi connectivity index (χ1) is 6.13. The van der Waals surface area contributed by atoms with E-state index in [1.807, 2.05) is 0 Å². The Bertz CT molecular complexity index is 218. The number of ether oxygens (including phenoxy) is 1. The SMILES string of the molecule is C=CC(O)=C(C)C(=O)OCCCO. The molecule has 0 amide bonds. The number of carbonyl (C=O) groups is 1. The average Bonchev–Trinajstić information content (AvgIpc) is 2.15. The monoisotopic (exact) mass is 186 g/mol. The first-order valence-electron chi connectivity index (χ1n) is 3.93. The van der Waals surface area contributed by atoms with Crippen LogP contribution >= 0.6 is 0 Å². The summed E-state index contributed by atoms with van der Waals surface area (Å²) in [5.41, 5.74) is 0.118. The van der Waals surface area contributed by atoms with Crippen LogP contribution < -0.4 is 0 Å². The Kier molecular flexibility index (Phi) is 5.63. The molecule has 0 bridgehead atoms. The van der Waals surface area contributed by atoms with Gasteiger partial charge in [0.15, 0.2) is 0 Å². The Balaban J connectivity index is 4.04. The molecule has 0 aromatic heterocycles. The lowest BCUT2D eigenvalue weighted by molar-refractivity contribution is -0.139. The number of allylic oxidation sites excluding steroid dienone is 1. The van der Waals surface area contributed by atoms with Gasteiger partial charge in [0, 0.05) is 13.0 Å². The second-order valence-electron chi connectivity index (χ2n) is 2.43. The van der Waals surface area contributed by atoms with Gasteiger partial charge in [-0.25, -0.2) is 4.79 Å². The third-order valence-electron chi connectivity index (χ3n) is 1.42. The van der Waals surface area contributed by atoms with Crippen molar-refractivity contribution in [3.8, 4) is 0 Å². The first kappa shape index (κ1) is 11.7. The molecule has 0 saturated carbocycles. The van der Waals surface area contributed by atoms with E-state index in [9.17, 15) is 4.79 Å². The second-order valence-corrected chi connectivity index (χ2v) is 2.43. The van der Waals surface area contributed by atoms with E-state index in [2.05, 4.69) is 6.58 Å². The Morgan fingerprint density at radius 2 is 2.23 bits per heavy atom. The summed E-state index contributed by atoms with van der Waals surface area (Å²) in [5, 5.41) is 17.5. The van der Waals surface area contributed by atoms with E-state index in [0.29, 0.717) is 6.42 Å². The highest BCUT2D eigenvalue weighted by molar-refractivity contribution is 5.88. The molecule has 0 unspecified atom stereocenters. The summed E-state index contributed by atoms with van der Waals surface area (Å²) in [6.07, 6.45) is 1.57. The van der Waals surface area contributed by atoms with Crippen molar-refractivity contribution in [2.24, 2.45) is 0 Å². The Morgan fingerprint density at radius 1 is 1.62 bits per heavy atom.